The summed E-state index contributed by atoms with van der Waals surface area (Å²) in [7, 11) is 0. The summed E-state index contributed by atoms with van der Waals surface area (Å²) in [5, 5.41) is 8.75. The maximum atomic E-state index is 11.9. The first-order valence-electron chi connectivity index (χ1n) is 7.41. The number of aliphatic hydroxyl groups is 1. The minimum Gasteiger partial charge on any atom is -0.426 e. The molecule has 1 rings (SSSR count). The highest BCUT2D eigenvalue weighted by molar-refractivity contribution is 5.73. The van der Waals surface area contributed by atoms with E-state index in [0.717, 1.165) is 16.9 Å². The van der Waals surface area contributed by atoms with E-state index in [1.54, 1.807) is 0 Å². The Labute approximate surface area is 122 Å². The number of esters is 1. The number of carbonyl (C=O) groups excluding carboxylic acids is 1. The molecule has 112 valence electrons. The Morgan fingerprint density at radius 1 is 1.10 bits per heavy atom. The van der Waals surface area contributed by atoms with Crippen molar-refractivity contribution < 1.29 is 14.6 Å². The molecule has 1 N–H and O–H groups in total. The molecular formula is C17H26O3. The number of hydrogen-bond donors (Lipinski definition) is 1. The highest BCUT2D eigenvalue weighted by atomic mass is 16.5. The number of aliphatic hydroxyl groups excluding tert-OH is 1. The first-order valence-corrected chi connectivity index (χ1v) is 7.41. The number of para-hydroxylation sites is 1. The van der Waals surface area contributed by atoms with Gasteiger partial charge in [0.05, 0.1) is 0 Å². The second-order valence-electron chi connectivity index (χ2n) is 5.73. The van der Waals surface area contributed by atoms with Gasteiger partial charge in [0.1, 0.15) is 5.75 Å². The second kappa shape index (κ2) is 8.05. The van der Waals surface area contributed by atoms with Crippen molar-refractivity contribution in [1.82, 2.24) is 0 Å². The van der Waals surface area contributed by atoms with Crippen LogP contribution in [-0.2, 0) is 4.79 Å². The topological polar surface area (TPSA) is 46.5 Å². The molecule has 0 bridgehead atoms. The predicted octanol–water partition coefficient (Wildman–Crippen LogP) is 4.00. The standard InChI is InChI=1S/C17H26O3/c1-12(2)14-8-7-9-15(13(3)4)17(14)20-16(19)10-5-6-11-18/h7-9,12-13,18H,5-6,10-11H2,1-4H3. The van der Waals surface area contributed by atoms with E-state index in [-0.39, 0.29) is 12.6 Å². The molecule has 0 aromatic heterocycles. The molecule has 0 amide bonds. The lowest BCUT2D eigenvalue weighted by atomic mass is 9.94. The zero-order chi connectivity index (χ0) is 15.1. The number of carbonyl (C=O) groups is 1. The maximum Gasteiger partial charge on any atom is 0.311 e. The molecule has 0 saturated carbocycles. The van der Waals surface area contributed by atoms with Crippen LogP contribution in [0, 0.1) is 0 Å². The number of benzene rings is 1. The zero-order valence-electron chi connectivity index (χ0n) is 13.0. The van der Waals surface area contributed by atoms with Gasteiger partial charge in [-0.2, -0.15) is 0 Å². The minimum atomic E-state index is -0.214. The highest BCUT2D eigenvalue weighted by Crippen LogP contribution is 2.34. The third kappa shape index (κ3) is 4.64. The summed E-state index contributed by atoms with van der Waals surface area (Å²) < 4.78 is 5.63. The van der Waals surface area contributed by atoms with E-state index in [1.807, 2.05) is 18.2 Å². The number of ether oxygens (including phenoxy) is 1. The van der Waals surface area contributed by atoms with Gasteiger partial charge in [-0.3, -0.25) is 4.79 Å². The lowest BCUT2D eigenvalue weighted by molar-refractivity contribution is -0.134. The fourth-order valence-electron chi connectivity index (χ4n) is 2.15. The van der Waals surface area contributed by atoms with E-state index in [0.29, 0.717) is 31.1 Å². The van der Waals surface area contributed by atoms with E-state index in [1.165, 1.54) is 0 Å². The first kappa shape index (κ1) is 16.7. The van der Waals surface area contributed by atoms with Gasteiger partial charge in [-0.25, -0.2) is 0 Å². The average molecular weight is 278 g/mol. The Balaban J connectivity index is 2.93. The van der Waals surface area contributed by atoms with Gasteiger partial charge in [0, 0.05) is 13.0 Å². The molecule has 1 aromatic carbocycles. The zero-order valence-corrected chi connectivity index (χ0v) is 13.0. The van der Waals surface area contributed by atoms with E-state index in [9.17, 15) is 4.79 Å². The largest absolute Gasteiger partial charge is 0.426 e. The molecule has 0 aliphatic rings. The molecule has 20 heavy (non-hydrogen) atoms. The third-order valence-corrected chi connectivity index (χ3v) is 3.32. The summed E-state index contributed by atoms with van der Waals surface area (Å²) >= 11 is 0. The van der Waals surface area contributed by atoms with Crippen molar-refractivity contribution in [2.45, 2.75) is 58.8 Å². The minimum absolute atomic E-state index is 0.118. The van der Waals surface area contributed by atoms with Gasteiger partial charge in [0.2, 0.25) is 0 Å². The molecule has 0 aliphatic carbocycles. The fourth-order valence-corrected chi connectivity index (χ4v) is 2.15. The Hall–Kier alpha value is -1.35. The molecule has 0 saturated heterocycles. The van der Waals surface area contributed by atoms with Crippen LogP contribution in [-0.4, -0.2) is 17.7 Å². The van der Waals surface area contributed by atoms with E-state index >= 15 is 0 Å². The van der Waals surface area contributed by atoms with Gasteiger partial charge in [-0.05, 0) is 35.8 Å². The molecule has 1 aromatic rings. The fraction of sp³-hybridized carbons (Fsp3) is 0.588. The molecule has 0 radical (unpaired) electrons. The van der Waals surface area contributed by atoms with Crippen molar-refractivity contribution in [1.29, 1.82) is 0 Å². The van der Waals surface area contributed by atoms with Crippen LogP contribution in [0.15, 0.2) is 18.2 Å². The molecule has 0 spiro atoms. The van der Waals surface area contributed by atoms with E-state index < -0.39 is 0 Å². The van der Waals surface area contributed by atoms with Crippen LogP contribution < -0.4 is 4.74 Å². The Bertz CT molecular complexity index is 410. The third-order valence-electron chi connectivity index (χ3n) is 3.32. The van der Waals surface area contributed by atoms with Crippen LogP contribution >= 0.6 is 0 Å². The SMILES string of the molecule is CC(C)c1cccc(C(C)C)c1OC(=O)CCCCO. The van der Waals surface area contributed by atoms with Crippen molar-refractivity contribution in [3.63, 3.8) is 0 Å². The number of unbranched alkanes of at least 4 members (excludes halogenated alkanes) is 1. The van der Waals surface area contributed by atoms with Crippen molar-refractivity contribution in [3.05, 3.63) is 29.3 Å². The molecule has 0 fully saturated rings. The summed E-state index contributed by atoms with van der Waals surface area (Å²) in [6.07, 6.45) is 1.65. The lowest BCUT2D eigenvalue weighted by Gasteiger charge is -2.18. The smallest absolute Gasteiger partial charge is 0.311 e. The Kier molecular flexibility index (Phi) is 6.73. The van der Waals surface area contributed by atoms with Gasteiger partial charge < -0.3 is 9.84 Å². The summed E-state index contributed by atoms with van der Waals surface area (Å²) in [4.78, 5) is 11.9. The first-order chi connectivity index (χ1) is 9.47. The van der Waals surface area contributed by atoms with Crippen molar-refractivity contribution in [2.24, 2.45) is 0 Å². The number of rotatable bonds is 7. The average Bonchev–Trinajstić information content (AvgIpc) is 2.38. The molecule has 0 heterocycles. The summed E-state index contributed by atoms with van der Waals surface area (Å²) in [6, 6.07) is 6.06. The van der Waals surface area contributed by atoms with Crippen molar-refractivity contribution in [2.75, 3.05) is 6.61 Å². The summed E-state index contributed by atoms with van der Waals surface area (Å²) in [5.74, 6) is 1.14. The van der Waals surface area contributed by atoms with Gasteiger partial charge in [-0.15, -0.1) is 0 Å². The normalized spacial score (nSPS) is 11.2. The van der Waals surface area contributed by atoms with Crippen LogP contribution in [0.4, 0.5) is 0 Å². The number of hydrogen-bond acceptors (Lipinski definition) is 3. The molecule has 3 heteroatoms. The van der Waals surface area contributed by atoms with Crippen LogP contribution in [0.3, 0.4) is 0 Å². The summed E-state index contributed by atoms with van der Waals surface area (Å²) in [5.41, 5.74) is 2.15. The Morgan fingerprint density at radius 2 is 1.65 bits per heavy atom. The van der Waals surface area contributed by atoms with Crippen LogP contribution in [0.25, 0.3) is 0 Å². The molecular weight excluding hydrogens is 252 g/mol. The van der Waals surface area contributed by atoms with Crippen molar-refractivity contribution >= 4 is 5.97 Å². The van der Waals surface area contributed by atoms with Gasteiger partial charge >= 0.3 is 5.97 Å². The van der Waals surface area contributed by atoms with Gasteiger partial charge in [0.15, 0.2) is 0 Å². The maximum absolute atomic E-state index is 11.9. The molecule has 0 atom stereocenters. The van der Waals surface area contributed by atoms with E-state index in [2.05, 4.69) is 27.7 Å². The van der Waals surface area contributed by atoms with Crippen LogP contribution in [0.2, 0.25) is 0 Å². The second-order valence-corrected chi connectivity index (χ2v) is 5.73. The molecule has 3 nitrogen and oxygen atoms in total. The quantitative estimate of drug-likeness (QED) is 0.466. The molecule has 0 unspecified atom stereocenters. The monoisotopic (exact) mass is 278 g/mol. The lowest BCUT2D eigenvalue weighted by Crippen LogP contribution is -2.12. The van der Waals surface area contributed by atoms with Crippen LogP contribution in [0.1, 0.15) is 69.9 Å². The Morgan fingerprint density at radius 3 is 2.10 bits per heavy atom. The van der Waals surface area contributed by atoms with Crippen LogP contribution in [0.5, 0.6) is 5.75 Å². The predicted molar refractivity (Wildman–Crippen MR) is 81.2 cm³/mol. The van der Waals surface area contributed by atoms with Gasteiger partial charge in [0.25, 0.3) is 0 Å². The van der Waals surface area contributed by atoms with Gasteiger partial charge in [-0.1, -0.05) is 45.9 Å². The summed E-state index contributed by atoms with van der Waals surface area (Å²) in [6.45, 7) is 8.52. The van der Waals surface area contributed by atoms with Crippen molar-refractivity contribution in [3.8, 4) is 5.75 Å². The van der Waals surface area contributed by atoms with E-state index in [4.69, 9.17) is 9.84 Å². The highest BCUT2D eigenvalue weighted by Gasteiger charge is 2.17. The molecule has 0 aliphatic heterocycles.